The number of ether oxygens (including phenoxy) is 1. The highest BCUT2D eigenvalue weighted by Crippen LogP contribution is 2.39. The standard InChI is InChI=1S/C21H15F3N4O2/c1-3-14(4-2)29-18-8-6-13(9-15(18)21(22,23)24)20-27-19(28-30-20)12-5-7-16-17(10-12)26-11-25-16/h3-11H,1H2,2H3,(H,25,26). The quantitative estimate of drug-likeness (QED) is 0.333. The van der Waals surface area contributed by atoms with Gasteiger partial charge in [-0.3, -0.25) is 0 Å². The highest BCUT2D eigenvalue weighted by Gasteiger charge is 2.35. The SMILES string of the molecule is C=CC(=CC)Oc1ccc(-c2nc(-c3ccc4nc[nH]c4c3)no2)cc1C(F)(F)F. The number of rotatable bonds is 5. The van der Waals surface area contributed by atoms with E-state index in [0.717, 1.165) is 17.1 Å². The number of nitrogens with one attached hydrogen (secondary N) is 1. The van der Waals surface area contributed by atoms with E-state index in [9.17, 15) is 13.2 Å². The molecule has 2 heterocycles. The Bertz CT molecular complexity index is 1250. The first-order valence-corrected chi connectivity index (χ1v) is 8.84. The minimum absolute atomic E-state index is 0.0401. The van der Waals surface area contributed by atoms with E-state index in [2.05, 4.69) is 26.7 Å². The van der Waals surface area contributed by atoms with Crippen molar-refractivity contribution in [3.63, 3.8) is 0 Å². The predicted molar refractivity (Wildman–Crippen MR) is 104 cm³/mol. The van der Waals surface area contributed by atoms with Crippen LogP contribution >= 0.6 is 0 Å². The molecule has 0 saturated heterocycles. The van der Waals surface area contributed by atoms with Crippen molar-refractivity contribution in [2.75, 3.05) is 0 Å². The average molecular weight is 412 g/mol. The summed E-state index contributed by atoms with van der Waals surface area (Å²) in [6.07, 6.45) is -0.236. The minimum Gasteiger partial charge on any atom is -0.457 e. The van der Waals surface area contributed by atoms with Gasteiger partial charge in [-0.2, -0.15) is 18.2 Å². The fraction of sp³-hybridized carbons (Fsp3) is 0.0952. The molecule has 0 bridgehead atoms. The maximum atomic E-state index is 13.6. The molecule has 0 saturated carbocycles. The Morgan fingerprint density at radius 1 is 1.17 bits per heavy atom. The number of imidazole rings is 1. The van der Waals surface area contributed by atoms with Gasteiger partial charge >= 0.3 is 6.18 Å². The second kappa shape index (κ2) is 7.51. The first-order valence-electron chi connectivity index (χ1n) is 8.84. The van der Waals surface area contributed by atoms with Gasteiger partial charge in [0.05, 0.1) is 22.9 Å². The summed E-state index contributed by atoms with van der Waals surface area (Å²) in [5.74, 6) is 0.0752. The molecule has 0 amide bonds. The molecule has 0 aliphatic heterocycles. The smallest absolute Gasteiger partial charge is 0.420 e. The topological polar surface area (TPSA) is 76.8 Å². The number of hydrogen-bond acceptors (Lipinski definition) is 5. The third-order valence-corrected chi connectivity index (χ3v) is 4.35. The number of alkyl halides is 3. The molecule has 0 radical (unpaired) electrons. The van der Waals surface area contributed by atoms with Crippen molar-refractivity contribution in [2.45, 2.75) is 13.1 Å². The molecule has 0 aliphatic carbocycles. The lowest BCUT2D eigenvalue weighted by molar-refractivity contribution is -0.138. The molecule has 1 N–H and O–H groups in total. The maximum absolute atomic E-state index is 13.6. The molecule has 30 heavy (non-hydrogen) atoms. The van der Waals surface area contributed by atoms with Gasteiger partial charge in [0.2, 0.25) is 5.82 Å². The van der Waals surface area contributed by atoms with Crippen LogP contribution in [0.15, 0.2) is 71.7 Å². The van der Waals surface area contributed by atoms with Gasteiger partial charge in [-0.25, -0.2) is 4.98 Å². The van der Waals surface area contributed by atoms with Crippen molar-refractivity contribution in [2.24, 2.45) is 0 Å². The summed E-state index contributed by atoms with van der Waals surface area (Å²) < 4.78 is 51.3. The highest BCUT2D eigenvalue weighted by atomic mass is 19.4. The summed E-state index contributed by atoms with van der Waals surface area (Å²) in [6.45, 7) is 5.16. The molecule has 0 fully saturated rings. The largest absolute Gasteiger partial charge is 0.457 e. The third-order valence-electron chi connectivity index (χ3n) is 4.35. The van der Waals surface area contributed by atoms with Crippen molar-refractivity contribution in [1.82, 2.24) is 20.1 Å². The Balaban J connectivity index is 1.71. The lowest BCUT2D eigenvalue weighted by Gasteiger charge is -2.14. The maximum Gasteiger partial charge on any atom is 0.420 e. The summed E-state index contributed by atoms with van der Waals surface area (Å²) in [7, 11) is 0. The number of H-pyrrole nitrogens is 1. The molecule has 4 rings (SSSR count). The lowest BCUT2D eigenvalue weighted by atomic mass is 10.1. The van der Waals surface area contributed by atoms with E-state index < -0.39 is 11.7 Å². The number of nitrogens with zero attached hydrogens (tertiary/aromatic N) is 3. The van der Waals surface area contributed by atoms with E-state index in [-0.39, 0.29) is 28.8 Å². The normalized spacial score (nSPS) is 12.3. The molecule has 0 atom stereocenters. The van der Waals surface area contributed by atoms with Gasteiger partial charge in [0.25, 0.3) is 5.89 Å². The van der Waals surface area contributed by atoms with Crippen LogP contribution in [0.2, 0.25) is 0 Å². The molecule has 6 nitrogen and oxygen atoms in total. The zero-order valence-corrected chi connectivity index (χ0v) is 15.7. The van der Waals surface area contributed by atoms with Crippen molar-refractivity contribution in [3.05, 3.63) is 72.8 Å². The van der Waals surface area contributed by atoms with Gasteiger partial charge in [0.1, 0.15) is 11.5 Å². The van der Waals surface area contributed by atoms with Crippen LogP contribution in [0.25, 0.3) is 33.9 Å². The number of fused-ring (bicyclic) bond motifs is 1. The van der Waals surface area contributed by atoms with Gasteiger partial charge in [0.15, 0.2) is 0 Å². The molecule has 2 aromatic heterocycles. The zero-order valence-electron chi connectivity index (χ0n) is 15.7. The van der Waals surface area contributed by atoms with Crippen molar-refractivity contribution >= 4 is 11.0 Å². The molecule has 9 heteroatoms. The van der Waals surface area contributed by atoms with Crippen LogP contribution < -0.4 is 4.74 Å². The molecular formula is C21H15F3N4O2. The Hall–Kier alpha value is -3.88. The second-order valence-electron chi connectivity index (χ2n) is 6.26. The monoisotopic (exact) mass is 412 g/mol. The van der Waals surface area contributed by atoms with Crippen LogP contribution in [0.4, 0.5) is 13.2 Å². The van der Waals surface area contributed by atoms with Crippen LogP contribution in [0.1, 0.15) is 12.5 Å². The molecule has 2 aromatic carbocycles. The van der Waals surface area contributed by atoms with Gasteiger partial charge in [0, 0.05) is 11.1 Å². The molecule has 0 aliphatic rings. The van der Waals surface area contributed by atoms with E-state index in [0.29, 0.717) is 5.56 Å². The first-order chi connectivity index (χ1) is 14.4. The average Bonchev–Trinajstić information content (AvgIpc) is 3.40. The number of aromatic nitrogens is 4. The van der Waals surface area contributed by atoms with Crippen LogP contribution in [-0.4, -0.2) is 20.1 Å². The van der Waals surface area contributed by atoms with E-state index >= 15 is 0 Å². The minimum atomic E-state index is -4.64. The summed E-state index contributed by atoms with van der Waals surface area (Å²) in [6, 6.07) is 8.87. The lowest BCUT2D eigenvalue weighted by Crippen LogP contribution is -2.08. The third kappa shape index (κ3) is 3.69. The molecule has 152 valence electrons. The summed E-state index contributed by atoms with van der Waals surface area (Å²) in [5.41, 5.74) is 1.35. The predicted octanol–water partition coefficient (Wildman–Crippen LogP) is 5.77. The van der Waals surface area contributed by atoms with Crippen LogP contribution in [0.5, 0.6) is 5.75 Å². The Kier molecular flexibility index (Phi) is 4.86. The number of benzene rings is 2. The fourth-order valence-electron chi connectivity index (χ4n) is 2.85. The van der Waals surface area contributed by atoms with E-state index in [4.69, 9.17) is 9.26 Å². The summed E-state index contributed by atoms with van der Waals surface area (Å²) in [4.78, 5) is 11.3. The van der Waals surface area contributed by atoms with Gasteiger partial charge in [-0.05, 0) is 55.5 Å². The van der Waals surface area contributed by atoms with Crippen molar-refractivity contribution in [1.29, 1.82) is 0 Å². The first kappa shape index (κ1) is 19.4. The molecule has 4 aromatic rings. The van der Waals surface area contributed by atoms with E-state index in [1.807, 2.05) is 0 Å². The zero-order chi connectivity index (χ0) is 21.3. The van der Waals surface area contributed by atoms with Crippen LogP contribution in [0, 0.1) is 0 Å². The molecular weight excluding hydrogens is 397 g/mol. The summed E-state index contributed by atoms with van der Waals surface area (Å²) >= 11 is 0. The van der Waals surface area contributed by atoms with E-state index in [1.165, 1.54) is 24.3 Å². The molecule has 0 unspecified atom stereocenters. The highest BCUT2D eigenvalue weighted by molar-refractivity contribution is 5.80. The van der Waals surface area contributed by atoms with Gasteiger partial charge in [-0.1, -0.05) is 11.7 Å². The number of aromatic amines is 1. The Morgan fingerprint density at radius 3 is 2.70 bits per heavy atom. The Morgan fingerprint density at radius 2 is 1.97 bits per heavy atom. The Labute approximate surface area is 168 Å². The second-order valence-corrected chi connectivity index (χ2v) is 6.26. The van der Waals surface area contributed by atoms with Crippen LogP contribution in [0.3, 0.4) is 0 Å². The van der Waals surface area contributed by atoms with Crippen molar-refractivity contribution < 1.29 is 22.4 Å². The van der Waals surface area contributed by atoms with Gasteiger partial charge < -0.3 is 14.2 Å². The van der Waals surface area contributed by atoms with E-state index in [1.54, 1.807) is 31.5 Å². The van der Waals surface area contributed by atoms with Crippen LogP contribution in [-0.2, 0) is 6.18 Å². The number of allylic oxidation sites excluding steroid dienone is 2. The van der Waals surface area contributed by atoms with Gasteiger partial charge in [-0.15, -0.1) is 0 Å². The van der Waals surface area contributed by atoms with Crippen molar-refractivity contribution in [3.8, 4) is 28.6 Å². The number of hydrogen-bond donors (Lipinski definition) is 1. The molecule has 0 spiro atoms. The summed E-state index contributed by atoms with van der Waals surface area (Å²) in [5, 5.41) is 3.89. The fourth-order valence-corrected chi connectivity index (χ4v) is 2.85. The number of halogens is 3.